The number of ether oxygens (including phenoxy) is 1. The van der Waals surface area contributed by atoms with E-state index in [2.05, 4.69) is 80.5 Å². The van der Waals surface area contributed by atoms with E-state index in [1.165, 1.54) is 22.5 Å². The molecule has 1 N–H and O–H groups in total. The summed E-state index contributed by atoms with van der Waals surface area (Å²) in [5.41, 5.74) is 8.44. The van der Waals surface area contributed by atoms with Gasteiger partial charge in [0.1, 0.15) is 11.9 Å². The van der Waals surface area contributed by atoms with Crippen LogP contribution in [-0.2, 0) is 20.3 Å². The lowest BCUT2D eigenvalue weighted by atomic mass is 9.71. The van der Waals surface area contributed by atoms with Crippen molar-refractivity contribution in [2.75, 3.05) is 23.7 Å². The zero-order chi connectivity index (χ0) is 33.0. The average molecular weight is 649 g/mol. The Bertz CT molecular complexity index is 1730. The highest BCUT2D eigenvalue weighted by molar-refractivity contribution is 7.85. The summed E-state index contributed by atoms with van der Waals surface area (Å²) in [5, 5.41) is 9.14. The summed E-state index contributed by atoms with van der Waals surface area (Å²) in [5.74, 6) is -0.742. The third-order valence-corrected chi connectivity index (χ3v) is 11.5. The summed E-state index contributed by atoms with van der Waals surface area (Å²) in [4.78, 5) is 13.5. The molecule has 0 saturated heterocycles. The van der Waals surface area contributed by atoms with Crippen LogP contribution in [0.25, 0.3) is 6.08 Å². The lowest BCUT2D eigenvalue weighted by Crippen LogP contribution is -2.50. The summed E-state index contributed by atoms with van der Waals surface area (Å²) < 4.78 is 45.6. The van der Waals surface area contributed by atoms with Crippen LogP contribution < -0.4 is 9.64 Å². The second-order valence-corrected chi connectivity index (χ2v) is 16.1. The topological polar surface area (TPSA) is 110 Å². The van der Waals surface area contributed by atoms with Crippen LogP contribution in [0.1, 0.15) is 114 Å². The van der Waals surface area contributed by atoms with Crippen molar-refractivity contribution >= 4 is 39.2 Å². The molecule has 46 heavy (non-hydrogen) atoms. The Morgan fingerprint density at radius 2 is 1.91 bits per heavy atom. The van der Waals surface area contributed by atoms with Crippen molar-refractivity contribution in [2.24, 2.45) is 0 Å². The van der Waals surface area contributed by atoms with Crippen LogP contribution in [0.5, 0.6) is 5.75 Å². The first-order chi connectivity index (χ1) is 21.7. The van der Waals surface area contributed by atoms with E-state index in [1.807, 2.05) is 0 Å². The van der Waals surface area contributed by atoms with Gasteiger partial charge in [0.2, 0.25) is 5.69 Å². The van der Waals surface area contributed by atoms with E-state index >= 15 is 0 Å². The van der Waals surface area contributed by atoms with Gasteiger partial charge in [0.05, 0.1) is 21.1 Å². The van der Waals surface area contributed by atoms with Crippen LogP contribution >= 0.6 is 0 Å². The van der Waals surface area contributed by atoms with Crippen molar-refractivity contribution in [1.29, 1.82) is 0 Å². The zero-order valence-electron chi connectivity index (χ0n) is 27.9. The number of carboxylic acid groups (broad SMARTS) is 1. The van der Waals surface area contributed by atoms with E-state index < -0.39 is 27.8 Å². The summed E-state index contributed by atoms with van der Waals surface area (Å²) in [6, 6.07) is 10.9. The molecule has 0 bridgehead atoms. The standard InChI is InChI=1S/C37H48N2O6S/c1-6-7-16-39-31-21-33-25(19-27(31)26(22-36(39,3)4)23-46(42,43)44)20-28-32(45-33)14-17-38-30-13-12-24(2)18-29(30)37(5,35(28)38)15-10-8-9-11-34(40)41/h12-13,18-21,26,32H,6-11,14-17,22-23H2,1-5H3,(H-,40,41,42,43,44). The maximum absolute atomic E-state index is 12.1. The highest BCUT2D eigenvalue weighted by Gasteiger charge is 2.54. The van der Waals surface area contributed by atoms with E-state index in [0.29, 0.717) is 12.8 Å². The van der Waals surface area contributed by atoms with Gasteiger partial charge in [0.25, 0.3) is 0 Å². The Balaban J connectivity index is 1.44. The summed E-state index contributed by atoms with van der Waals surface area (Å²) >= 11 is 0. The number of carbonyl (C=O) groups is 1. The predicted octanol–water partition coefficient (Wildman–Crippen LogP) is 7.05. The number of benzene rings is 2. The molecule has 0 aromatic heterocycles. The number of aliphatic carboxylic acids is 1. The number of anilines is 1. The Kier molecular flexibility index (Phi) is 8.64. The Morgan fingerprint density at radius 1 is 1.13 bits per heavy atom. The minimum Gasteiger partial charge on any atom is -0.748 e. The van der Waals surface area contributed by atoms with Gasteiger partial charge >= 0.3 is 5.97 Å². The molecule has 2 aromatic carbocycles. The van der Waals surface area contributed by atoms with E-state index in [9.17, 15) is 17.8 Å². The number of aryl methyl sites for hydroxylation is 1. The molecule has 4 heterocycles. The number of hydrogen-bond acceptors (Lipinski definition) is 6. The Hall–Kier alpha value is -3.17. The lowest BCUT2D eigenvalue weighted by molar-refractivity contribution is -0.444. The fourth-order valence-corrected chi connectivity index (χ4v) is 9.38. The van der Waals surface area contributed by atoms with Gasteiger partial charge in [0.15, 0.2) is 12.3 Å². The second-order valence-electron chi connectivity index (χ2n) is 14.7. The van der Waals surface area contributed by atoms with Gasteiger partial charge in [-0.3, -0.25) is 4.79 Å². The van der Waals surface area contributed by atoms with Gasteiger partial charge in [-0.25, -0.2) is 8.42 Å². The number of nitrogens with zero attached hydrogens (tertiary/aromatic N) is 2. The Morgan fingerprint density at radius 3 is 2.63 bits per heavy atom. The van der Waals surface area contributed by atoms with Crippen molar-refractivity contribution in [3.63, 3.8) is 0 Å². The minimum atomic E-state index is -4.43. The zero-order valence-corrected chi connectivity index (χ0v) is 28.7. The SMILES string of the molecule is CCCCN1c2cc3c(cc2C(CS(=O)(=O)[O-])CC1(C)C)C=C1C2=[N+](CCC1O3)c1ccc(C)cc1C2(C)CCCCCC(=O)O. The van der Waals surface area contributed by atoms with Crippen LogP contribution in [-0.4, -0.2) is 64.8 Å². The summed E-state index contributed by atoms with van der Waals surface area (Å²) in [7, 11) is -4.43. The van der Waals surface area contributed by atoms with Gasteiger partial charge in [-0.2, -0.15) is 4.58 Å². The summed E-state index contributed by atoms with van der Waals surface area (Å²) in [6.45, 7) is 12.6. The number of unbranched alkanes of at least 4 members (excludes halogenated alkanes) is 3. The molecule has 0 radical (unpaired) electrons. The van der Waals surface area contributed by atoms with Crippen molar-refractivity contribution in [2.45, 2.75) is 115 Å². The molecule has 8 nitrogen and oxygen atoms in total. The maximum atomic E-state index is 12.1. The highest BCUT2D eigenvalue weighted by atomic mass is 32.2. The average Bonchev–Trinajstić information content (AvgIpc) is 3.21. The van der Waals surface area contributed by atoms with Crippen molar-refractivity contribution in [3.05, 3.63) is 58.2 Å². The molecule has 6 rings (SSSR count). The van der Waals surface area contributed by atoms with E-state index in [0.717, 1.165) is 79.8 Å². The van der Waals surface area contributed by atoms with Gasteiger partial charge in [0, 0.05) is 65.5 Å². The number of carboxylic acids is 1. The molecule has 0 aliphatic carbocycles. The predicted molar refractivity (Wildman–Crippen MR) is 181 cm³/mol. The molecule has 3 atom stereocenters. The Labute approximate surface area is 273 Å². The fourth-order valence-electron chi connectivity index (χ4n) is 8.59. The molecular weight excluding hydrogens is 600 g/mol. The molecule has 9 heteroatoms. The van der Waals surface area contributed by atoms with Gasteiger partial charge in [-0.1, -0.05) is 37.8 Å². The normalized spacial score (nSPS) is 24.3. The quantitative estimate of drug-likeness (QED) is 0.158. The number of hydrogen-bond donors (Lipinski definition) is 1. The van der Waals surface area contributed by atoms with Gasteiger partial charge in [-0.05, 0) is 77.2 Å². The third kappa shape index (κ3) is 6.01. The molecular formula is C37H48N2O6S. The smallest absolute Gasteiger partial charge is 0.303 e. The fraction of sp³-hybridized carbons (Fsp3) is 0.568. The largest absolute Gasteiger partial charge is 0.748 e. The van der Waals surface area contributed by atoms with Crippen molar-refractivity contribution < 1.29 is 32.2 Å². The molecule has 0 fully saturated rings. The molecule has 4 aliphatic rings. The van der Waals surface area contributed by atoms with Crippen LogP contribution in [0.15, 0.2) is 35.9 Å². The molecule has 0 saturated carbocycles. The van der Waals surface area contributed by atoms with Gasteiger partial charge < -0.3 is 19.3 Å². The van der Waals surface area contributed by atoms with Crippen LogP contribution in [0.4, 0.5) is 11.4 Å². The van der Waals surface area contributed by atoms with Crippen LogP contribution in [0.3, 0.4) is 0 Å². The minimum absolute atomic E-state index is 0.1000. The first kappa shape index (κ1) is 32.8. The van der Waals surface area contributed by atoms with E-state index in [1.54, 1.807) is 0 Å². The first-order valence-corrected chi connectivity index (χ1v) is 18.6. The monoisotopic (exact) mass is 648 g/mol. The van der Waals surface area contributed by atoms with Crippen LogP contribution in [0, 0.1) is 6.92 Å². The number of fused-ring (bicyclic) bond motifs is 6. The van der Waals surface area contributed by atoms with Crippen molar-refractivity contribution in [1.82, 2.24) is 0 Å². The molecule has 0 spiro atoms. The highest BCUT2D eigenvalue weighted by Crippen LogP contribution is 2.52. The summed E-state index contributed by atoms with van der Waals surface area (Å²) in [6.07, 6.45) is 9.20. The van der Waals surface area contributed by atoms with Gasteiger partial charge in [-0.15, -0.1) is 0 Å². The van der Waals surface area contributed by atoms with Crippen LogP contribution in [0.2, 0.25) is 0 Å². The molecule has 3 unspecified atom stereocenters. The first-order valence-electron chi connectivity index (χ1n) is 17.0. The number of rotatable bonds is 11. The molecule has 0 amide bonds. The van der Waals surface area contributed by atoms with E-state index in [-0.39, 0.29) is 23.5 Å². The van der Waals surface area contributed by atoms with Crippen molar-refractivity contribution in [3.8, 4) is 5.75 Å². The molecule has 4 aliphatic heterocycles. The molecule has 248 valence electrons. The van der Waals surface area contributed by atoms with E-state index in [4.69, 9.17) is 9.84 Å². The lowest BCUT2D eigenvalue weighted by Gasteiger charge is -2.49. The molecule has 2 aromatic rings. The third-order valence-electron chi connectivity index (χ3n) is 10.7. The second kappa shape index (κ2) is 12.1. The maximum Gasteiger partial charge on any atom is 0.303 e.